The lowest BCUT2D eigenvalue weighted by Crippen LogP contribution is -2.15. The summed E-state index contributed by atoms with van der Waals surface area (Å²) in [5.74, 6) is -0.824. The van der Waals surface area contributed by atoms with Crippen LogP contribution in [0.4, 0.5) is 10.7 Å². The minimum absolute atomic E-state index is 0.117. The Morgan fingerprint density at radius 3 is 2.64 bits per heavy atom. The molecule has 0 aliphatic heterocycles. The van der Waals surface area contributed by atoms with Crippen molar-refractivity contribution in [3.63, 3.8) is 0 Å². The van der Waals surface area contributed by atoms with Crippen molar-refractivity contribution in [3.05, 3.63) is 72.8 Å². The van der Waals surface area contributed by atoms with Gasteiger partial charge in [0.2, 0.25) is 0 Å². The summed E-state index contributed by atoms with van der Waals surface area (Å²) in [7, 11) is 1.24. The topological polar surface area (TPSA) is 135 Å². The maximum Gasteiger partial charge on any atom is 0.341 e. The molecular weight excluding hydrogens is 470 g/mol. The first-order valence-corrected chi connectivity index (χ1v) is 10.5. The van der Waals surface area contributed by atoms with Gasteiger partial charge in [-0.25, -0.2) is 4.79 Å². The molecule has 0 aliphatic rings. The highest BCUT2D eigenvalue weighted by Crippen LogP contribution is 2.34. The first kappa shape index (κ1) is 23.7. The van der Waals surface area contributed by atoms with Gasteiger partial charge in [0.1, 0.15) is 28.2 Å². The molecule has 0 saturated carbocycles. The molecule has 3 aromatic rings. The van der Waals surface area contributed by atoms with Crippen LogP contribution < -0.4 is 5.32 Å². The number of anilines is 1. The molecule has 1 amide bonds. The Labute approximate surface area is 197 Å². The molecule has 2 aromatic heterocycles. The van der Waals surface area contributed by atoms with Crippen LogP contribution in [-0.2, 0) is 9.53 Å². The predicted octanol–water partition coefficient (Wildman–Crippen LogP) is 5.52. The summed E-state index contributed by atoms with van der Waals surface area (Å²) in [5.41, 5.74) is 0.908. The lowest BCUT2D eigenvalue weighted by molar-refractivity contribution is -0.384. The van der Waals surface area contributed by atoms with Crippen LogP contribution in [0.1, 0.15) is 26.6 Å². The van der Waals surface area contributed by atoms with Crippen LogP contribution >= 0.6 is 22.9 Å². The van der Waals surface area contributed by atoms with Gasteiger partial charge in [-0.2, -0.15) is 5.26 Å². The number of halogens is 1. The predicted molar refractivity (Wildman–Crippen MR) is 123 cm³/mol. The van der Waals surface area contributed by atoms with E-state index in [0.29, 0.717) is 16.9 Å². The van der Waals surface area contributed by atoms with Crippen LogP contribution in [0.25, 0.3) is 17.4 Å². The van der Waals surface area contributed by atoms with E-state index in [1.807, 2.05) is 6.07 Å². The van der Waals surface area contributed by atoms with Crippen molar-refractivity contribution >= 4 is 51.6 Å². The molecule has 168 valence electrons. The van der Waals surface area contributed by atoms with E-state index in [-0.39, 0.29) is 32.6 Å². The normalized spacial score (nSPS) is 11.1. The number of furan rings is 1. The first-order chi connectivity index (χ1) is 15.7. The minimum atomic E-state index is -0.727. The monoisotopic (exact) mass is 485 g/mol. The number of methoxy groups -OCH3 is 1. The molecule has 0 spiro atoms. The van der Waals surface area contributed by atoms with Gasteiger partial charge in [0, 0.05) is 28.6 Å². The van der Waals surface area contributed by atoms with Gasteiger partial charge < -0.3 is 14.5 Å². The number of hydrogen-bond acceptors (Lipinski definition) is 8. The zero-order valence-corrected chi connectivity index (χ0v) is 19.2. The molecule has 0 fully saturated rings. The average molecular weight is 486 g/mol. The zero-order chi connectivity index (χ0) is 24.3. The van der Waals surface area contributed by atoms with Gasteiger partial charge in [0.25, 0.3) is 11.6 Å². The molecule has 33 heavy (non-hydrogen) atoms. The number of nitriles is 1. The van der Waals surface area contributed by atoms with E-state index >= 15 is 0 Å². The Balaban J connectivity index is 1.87. The van der Waals surface area contributed by atoms with Gasteiger partial charge in [0.15, 0.2) is 0 Å². The number of nitrogens with one attached hydrogen (secondary N) is 1. The zero-order valence-electron chi connectivity index (χ0n) is 17.6. The van der Waals surface area contributed by atoms with Gasteiger partial charge in [-0.05, 0) is 37.6 Å². The summed E-state index contributed by atoms with van der Waals surface area (Å²) in [6.45, 7) is 3.54. The van der Waals surface area contributed by atoms with Crippen LogP contribution in [0.15, 0.2) is 40.3 Å². The number of nitro groups is 1. The van der Waals surface area contributed by atoms with Crippen LogP contribution in [-0.4, -0.2) is 23.9 Å². The fourth-order valence-electron chi connectivity index (χ4n) is 2.92. The average Bonchev–Trinajstić information content (AvgIpc) is 3.35. The third-order valence-corrected chi connectivity index (χ3v) is 6.14. The van der Waals surface area contributed by atoms with Crippen molar-refractivity contribution in [2.24, 2.45) is 0 Å². The number of nitro benzene ring substituents is 1. The number of benzene rings is 1. The highest BCUT2D eigenvalue weighted by Gasteiger charge is 2.23. The second-order valence-electron chi connectivity index (χ2n) is 6.73. The number of aryl methyl sites for hydroxylation is 1. The number of amides is 1. The number of esters is 1. The smallest absolute Gasteiger partial charge is 0.341 e. The Morgan fingerprint density at radius 1 is 1.30 bits per heavy atom. The number of carbonyl (C=O) groups is 2. The van der Waals surface area contributed by atoms with Gasteiger partial charge in [-0.3, -0.25) is 14.9 Å². The van der Waals surface area contributed by atoms with Gasteiger partial charge >= 0.3 is 5.97 Å². The van der Waals surface area contributed by atoms with Crippen molar-refractivity contribution in [1.82, 2.24) is 0 Å². The molecular formula is C22H16ClN3O6S. The molecule has 0 radical (unpaired) electrons. The second kappa shape index (κ2) is 9.68. The molecule has 0 bridgehead atoms. The Kier molecular flexibility index (Phi) is 6.96. The van der Waals surface area contributed by atoms with E-state index in [9.17, 15) is 25.0 Å². The maximum atomic E-state index is 12.7. The largest absolute Gasteiger partial charge is 0.465 e. The number of thiophene rings is 1. The van der Waals surface area contributed by atoms with Crippen LogP contribution in [0.5, 0.6) is 0 Å². The summed E-state index contributed by atoms with van der Waals surface area (Å²) in [4.78, 5) is 35.9. The van der Waals surface area contributed by atoms with Crippen molar-refractivity contribution in [3.8, 4) is 17.4 Å². The molecule has 9 nitrogen and oxygen atoms in total. The minimum Gasteiger partial charge on any atom is -0.465 e. The summed E-state index contributed by atoms with van der Waals surface area (Å²) < 4.78 is 10.4. The SMILES string of the molecule is COC(=O)c1c(NC(=O)C(C#N)=Cc2ccc(-c3ccc([N+](=O)[O-])cc3Cl)o2)sc(C)c1C. The third kappa shape index (κ3) is 4.95. The lowest BCUT2D eigenvalue weighted by atomic mass is 10.1. The van der Waals surface area contributed by atoms with Crippen molar-refractivity contribution in [2.45, 2.75) is 13.8 Å². The second-order valence-corrected chi connectivity index (χ2v) is 8.36. The molecule has 0 saturated heterocycles. The quantitative estimate of drug-likeness (QED) is 0.159. The Morgan fingerprint density at radius 2 is 2.03 bits per heavy atom. The Hall–Kier alpha value is -3.94. The first-order valence-electron chi connectivity index (χ1n) is 9.31. The summed E-state index contributed by atoms with van der Waals surface area (Å²) >= 11 is 7.32. The standard InChI is InChI=1S/C22H16ClN3O6S/c1-11-12(2)33-21(19(11)22(28)31-3)25-20(27)13(10-24)8-15-5-7-18(32-15)16-6-4-14(26(29)30)9-17(16)23/h4-9H,1-3H3,(H,25,27). The molecule has 0 unspecified atom stereocenters. The van der Waals surface area contributed by atoms with Crippen LogP contribution in [0, 0.1) is 35.3 Å². The lowest BCUT2D eigenvalue weighted by Gasteiger charge is -2.05. The highest BCUT2D eigenvalue weighted by atomic mass is 35.5. The van der Waals surface area contributed by atoms with Gasteiger partial charge in [0.05, 0.1) is 22.6 Å². The van der Waals surface area contributed by atoms with E-state index in [1.54, 1.807) is 19.9 Å². The number of carbonyl (C=O) groups excluding carboxylic acids is 2. The third-order valence-electron chi connectivity index (χ3n) is 4.71. The molecule has 11 heteroatoms. The van der Waals surface area contributed by atoms with Crippen molar-refractivity contribution in [1.29, 1.82) is 5.26 Å². The summed E-state index contributed by atoms with van der Waals surface area (Å²) in [5, 5.41) is 23.3. The van der Waals surface area contributed by atoms with E-state index in [2.05, 4.69) is 5.32 Å². The molecule has 0 atom stereocenters. The molecule has 3 rings (SSSR count). The van der Waals surface area contributed by atoms with Gasteiger partial charge in [-0.15, -0.1) is 11.3 Å². The van der Waals surface area contributed by atoms with E-state index in [0.717, 1.165) is 4.88 Å². The fraction of sp³-hybridized carbons (Fsp3) is 0.136. The van der Waals surface area contributed by atoms with E-state index in [1.165, 1.54) is 48.8 Å². The molecule has 0 aliphatic carbocycles. The van der Waals surface area contributed by atoms with Crippen LogP contribution in [0.2, 0.25) is 5.02 Å². The number of non-ortho nitro benzene ring substituents is 1. The number of ether oxygens (including phenoxy) is 1. The number of rotatable bonds is 6. The van der Waals surface area contributed by atoms with Crippen molar-refractivity contribution in [2.75, 3.05) is 12.4 Å². The van der Waals surface area contributed by atoms with Gasteiger partial charge in [-0.1, -0.05) is 11.6 Å². The molecule has 1 N–H and O–H groups in total. The number of hydrogen-bond donors (Lipinski definition) is 1. The van der Waals surface area contributed by atoms with E-state index < -0.39 is 16.8 Å². The van der Waals surface area contributed by atoms with E-state index in [4.69, 9.17) is 20.8 Å². The maximum absolute atomic E-state index is 12.7. The summed E-state index contributed by atoms with van der Waals surface area (Å²) in [6.07, 6.45) is 1.24. The van der Waals surface area contributed by atoms with Crippen molar-refractivity contribution < 1.29 is 23.7 Å². The summed E-state index contributed by atoms with van der Waals surface area (Å²) in [6, 6.07) is 8.83. The number of nitrogens with zero attached hydrogens (tertiary/aromatic N) is 2. The highest BCUT2D eigenvalue weighted by molar-refractivity contribution is 7.16. The molecule has 2 heterocycles. The Bertz CT molecular complexity index is 1350. The fourth-order valence-corrected chi connectivity index (χ4v) is 4.23. The molecule has 1 aromatic carbocycles. The van der Waals surface area contributed by atoms with Crippen LogP contribution in [0.3, 0.4) is 0 Å².